The molecule has 0 aromatic carbocycles. The Labute approximate surface area is 152 Å². The number of rotatable bonds is 2. The molecule has 1 N–H and O–H groups in total. The summed E-state index contributed by atoms with van der Waals surface area (Å²) in [6.07, 6.45) is -1.53. The first kappa shape index (κ1) is 18.6. The van der Waals surface area contributed by atoms with E-state index in [9.17, 15) is 19.5 Å². The SMILES string of the molecule is C=C1C(=O)OC2CC3(C)OC(=CC3=O)C(C)C(O)C(OC(=O)C(C)C)C12. The topological polar surface area (TPSA) is 99.1 Å². The van der Waals surface area contributed by atoms with E-state index in [-0.39, 0.29) is 17.8 Å². The molecule has 6 atom stereocenters. The van der Waals surface area contributed by atoms with Gasteiger partial charge in [0.15, 0.2) is 5.60 Å². The number of aliphatic hydroxyl groups excluding tert-OH is 1. The highest BCUT2D eigenvalue weighted by atomic mass is 16.6. The molecule has 3 aliphatic rings. The van der Waals surface area contributed by atoms with E-state index >= 15 is 0 Å². The quantitative estimate of drug-likeness (QED) is 0.582. The molecule has 2 bridgehead atoms. The summed E-state index contributed by atoms with van der Waals surface area (Å²) in [4.78, 5) is 36.7. The maximum atomic E-state index is 12.4. The first-order valence-electron chi connectivity index (χ1n) is 8.78. The number of ether oxygens (including phenoxy) is 3. The third-order valence-corrected chi connectivity index (χ3v) is 5.43. The molecular formula is C19H24O7. The first-order valence-corrected chi connectivity index (χ1v) is 8.78. The van der Waals surface area contributed by atoms with Crippen LogP contribution >= 0.6 is 0 Å². The van der Waals surface area contributed by atoms with E-state index in [1.165, 1.54) is 6.08 Å². The van der Waals surface area contributed by atoms with Crippen LogP contribution in [0.3, 0.4) is 0 Å². The molecule has 3 heterocycles. The standard InChI is InChI=1S/C19H24O7/c1-8(2)17(22)25-16-14-10(4)18(23)24-12(14)7-19(5)13(20)6-11(26-19)9(3)15(16)21/h6,8-9,12,14-16,21H,4,7H2,1-3,5H3. The lowest BCUT2D eigenvalue weighted by Gasteiger charge is -2.33. The van der Waals surface area contributed by atoms with Crippen molar-refractivity contribution in [3.63, 3.8) is 0 Å². The smallest absolute Gasteiger partial charge is 0.334 e. The van der Waals surface area contributed by atoms with Crippen LogP contribution in [0.1, 0.15) is 34.1 Å². The minimum absolute atomic E-state index is 0.0937. The Bertz CT molecular complexity index is 707. The van der Waals surface area contributed by atoms with Gasteiger partial charge in [-0.3, -0.25) is 9.59 Å². The Kier molecular flexibility index (Phi) is 4.46. The van der Waals surface area contributed by atoms with Crippen molar-refractivity contribution in [2.24, 2.45) is 17.8 Å². The average Bonchev–Trinajstić information content (AvgIpc) is 3.00. The van der Waals surface area contributed by atoms with Gasteiger partial charge in [-0.15, -0.1) is 0 Å². The third-order valence-electron chi connectivity index (χ3n) is 5.43. The molecule has 6 unspecified atom stereocenters. The van der Waals surface area contributed by atoms with E-state index in [2.05, 4.69) is 6.58 Å². The molecule has 3 rings (SSSR count). The van der Waals surface area contributed by atoms with Gasteiger partial charge in [-0.25, -0.2) is 4.79 Å². The van der Waals surface area contributed by atoms with E-state index in [1.54, 1.807) is 27.7 Å². The van der Waals surface area contributed by atoms with Crippen LogP contribution in [0.25, 0.3) is 0 Å². The number of carbonyl (C=O) groups excluding carboxylic acids is 3. The fraction of sp³-hybridized carbons (Fsp3) is 0.632. The summed E-state index contributed by atoms with van der Waals surface area (Å²) < 4.78 is 16.8. The number of carbonyl (C=O) groups is 3. The lowest BCUT2D eigenvalue weighted by atomic mass is 9.79. The second kappa shape index (κ2) is 6.23. The maximum absolute atomic E-state index is 12.4. The second-order valence-corrected chi connectivity index (χ2v) is 7.78. The molecule has 0 saturated carbocycles. The molecule has 26 heavy (non-hydrogen) atoms. The lowest BCUT2D eigenvalue weighted by Crippen LogP contribution is -2.46. The van der Waals surface area contributed by atoms with Crippen molar-refractivity contribution in [2.45, 2.75) is 58.0 Å². The molecule has 2 saturated heterocycles. The van der Waals surface area contributed by atoms with Gasteiger partial charge in [0, 0.05) is 24.0 Å². The van der Waals surface area contributed by atoms with Crippen LogP contribution in [0.15, 0.2) is 24.0 Å². The van der Waals surface area contributed by atoms with Gasteiger partial charge < -0.3 is 19.3 Å². The molecule has 3 aliphatic heterocycles. The normalized spacial score (nSPS) is 39.4. The van der Waals surface area contributed by atoms with Gasteiger partial charge in [-0.2, -0.15) is 0 Å². The molecule has 0 amide bonds. The molecule has 7 heteroatoms. The predicted octanol–water partition coefficient (Wildman–Crippen LogP) is 1.29. The second-order valence-electron chi connectivity index (χ2n) is 7.78. The van der Waals surface area contributed by atoms with E-state index in [1.807, 2.05) is 0 Å². The van der Waals surface area contributed by atoms with Crippen molar-refractivity contribution in [1.82, 2.24) is 0 Å². The van der Waals surface area contributed by atoms with Gasteiger partial charge in [0.2, 0.25) is 5.78 Å². The molecular weight excluding hydrogens is 340 g/mol. The van der Waals surface area contributed by atoms with Crippen molar-refractivity contribution in [3.05, 3.63) is 24.0 Å². The maximum Gasteiger partial charge on any atom is 0.334 e. The fourth-order valence-electron chi connectivity index (χ4n) is 3.68. The summed E-state index contributed by atoms with van der Waals surface area (Å²) in [6, 6.07) is 0. The Morgan fingerprint density at radius 3 is 2.69 bits per heavy atom. The van der Waals surface area contributed by atoms with Crippen LogP contribution in [0.5, 0.6) is 0 Å². The minimum Gasteiger partial charge on any atom is -0.483 e. The molecule has 2 fully saturated rings. The van der Waals surface area contributed by atoms with E-state index in [4.69, 9.17) is 14.2 Å². The summed E-state index contributed by atoms with van der Waals surface area (Å²) in [5.41, 5.74) is -1.06. The van der Waals surface area contributed by atoms with Crippen molar-refractivity contribution in [2.75, 3.05) is 0 Å². The minimum atomic E-state index is -1.19. The summed E-state index contributed by atoms with van der Waals surface area (Å²) in [5, 5.41) is 10.9. The predicted molar refractivity (Wildman–Crippen MR) is 89.6 cm³/mol. The van der Waals surface area contributed by atoms with Crippen LogP contribution in [0, 0.1) is 17.8 Å². The van der Waals surface area contributed by atoms with Crippen LogP contribution in [0.2, 0.25) is 0 Å². The fourth-order valence-corrected chi connectivity index (χ4v) is 3.68. The van der Waals surface area contributed by atoms with Crippen LogP contribution in [0.4, 0.5) is 0 Å². The van der Waals surface area contributed by atoms with Crippen LogP contribution in [-0.2, 0) is 28.6 Å². The summed E-state index contributed by atoms with van der Waals surface area (Å²) >= 11 is 0. The number of ketones is 1. The van der Waals surface area contributed by atoms with Crippen molar-refractivity contribution >= 4 is 17.7 Å². The Hall–Kier alpha value is -2.15. The van der Waals surface area contributed by atoms with Gasteiger partial charge in [0.1, 0.15) is 24.1 Å². The van der Waals surface area contributed by atoms with Crippen molar-refractivity contribution in [1.29, 1.82) is 0 Å². The number of fused-ring (bicyclic) bond motifs is 3. The van der Waals surface area contributed by atoms with Gasteiger partial charge in [0.05, 0.1) is 11.8 Å². The van der Waals surface area contributed by atoms with E-state index < -0.39 is 53.6 Å². The van der Waals surface area contributed by atoms with Gasteiger partial charge in [-0.05, 0) is 6.92 Å². The molecule has 0 aromatic rings. The highest BCUT2D eigenvalue weighted by Gasteiger charge is 2.56. The Morgan fingerprint density at radius 2 is 2.08 bits per heavy atom. The summed E-state index contributed by atoms with van der Waals surface area (Å²) in [7, 11) is 0. The van der Waals surface area contributed by atoms with Crippen molar-refractivity contribution in [3.8, 4) is 0 Å². The molecule has 142 valence electrons. The van der Waals surface area contributed by atoms with Crippen molar-refractivity contribution < 1.29 is 33.7 Å². The lowest BCUT2D eigenvalue weighted by molar-refractivity contribution is -0.166. The zero-order valence-corrected chi connectivity index (χ0v) is 15.4. The number of esters is 2. The van der Waals surface area contributed by atoms with Gasteiger partial charge >= 0.3 is 11.9 Å². The average molecular weight is 364 g/mol. The van der Waals surface area contributed by atoms with E-state index in [0.29, 0.717) is 5.76 Å². The summed E-state index contributed by atoms with van der Waals surface area (Å²) in [6.45, 7) is 10.5. The van der Waals surface area contributed by atoms with Crippen LogP contribution < -0.4 is 0 Å². The van der Waals surface area contributed by atoms with Gasteiger partial charge in [-0.1, -0.05) is 27.4 Å². The molecule has 0 spiro atoms. The number of hydrogen-bond acceptors (Lipinski definition) is 7. The van der Waals surface area contributed by atoms with Gasteiger partial charge in [0.25, 0.3) is 0 Å². The Balaban J connectivity index is 2.05. The first-order chi connectivity index (χ1) is 12.0. The molecule has 0 aliphatic carbocycles. The number of aliphatic hydroxyl groups is 1. The molecule has 7 nitrogen and oxygen atoms in total. The zero-order chi connectivity index (χ0) is 19.4. The molecule has 0 aromatic heterocycles. The van der Waals surface area contributed by atoms with Crippen LogP contribution in [-0.4, -0.2) is 46.7 Å². The zero-order valence-electron chi connectivity index (χ0n) is 15.4. The Morgan fingerprint density at radius 1 is 1.42 bits per heavy atom. The highest BCUT2D eigenvalue weighted by molar-refractivity contribution is 5.99. The monoisotopic (exact) mass is 364 g/mol. The van der Waals surface area contributed by atoms with E-state index in [0.717, 1.165) is 0 Å². The number of hydrogen-bond donors (Lipinski definition) is 1. The third kappa shape index (κ3) is 2.84. The highest BCUT2D eigenvalue weighted by Crippen LogP contribution is 2.44. The largest absolute Gasteiger partial charge is 0.483 e. The molecule has 0 radical (unpaired) electrons. The summed E-state index contributed by atoms with van der Waals surface area (Å²) in [5.74, 6) is -2.75.